The summed E-state index contributed by atoms with van der Waals surface area (Å²) in [5.74, 6) is 0. The normalized spacial score (nSPS) is 29.9. The van der Waals surface area contributed by atoms with Crippen LogP contribution in [-0.4, -0.2) is 41.5 Å². The second-order valence-corrected chi connectivity index (χ2v) is 6.53. The first-order valence-electron chi connectivity index (χ1n) is 8.34. The SMILES string of the molecule is CCC(C)N1CC2CCCCN2CC1c1ccccc1. The van der Waals surface area contributed by atoms with Crippen molar-refractivity contribution in [3.05, 3.63) is 35.9 Å². The molecule has 0 aliphatic carbocycles. The van der Waals surface area contributed by atoms with Crippen LogP contribution < -0.4 is 0 Å². The Morgan fingerprint density at radius 1 is 1.15 bits per heavy atom. The van der Waals surface area contributed by atoms with Crippen molar-refractivity contribution in [2.75, 3.05) is 19.6 Å². The third kappa shape index (κ3) is 2.77. The molecule has 0 amide bonds. The maximum atomic E-state index is 2.77. The summed E-state index contributed by atoms with van der Waals surface area (Å²) in [5, 5.41) is 0. The van der Waals surface area contributed by atoms with Gasteiger partial charge in [-0.15, -0.1) is 0 Å². The molecule has 0 saturated carbocycles. The van der Waals surface area contributed by atoms with Gasteiger partial charge in [-0.3, -0.25) is 9.80 Å². The Kier molecular flexibility index (Phi) is 4.42. The van der Waals surface area contributed by atoms with Crippen molar-refractivity contribution in [2.24, 2.45) is 0 Å². The third-order valence-corrected chi connectivity index (χ3v) is 5.32. The fourth-order valence-corrected chi connectivity index (χ4v) is 3.90. The highest BCUT2D eigenvalue weighted by Gasteiger charge is 2.37. The number of nitrogens with zero attached hydrogens (tertiary/aromatic N) is 2. The maximum Gasteiger partial charge on any atom is 0.0478 e. The molecule has 2 nitrogen and oxygen atoms in total. The zero-order valence-corrected chi connectivity index (χ0v) is 13.0. The highest BCUT2D eigenvalue weighted by molar-refractivity contribution is 5.21. The van der Waals surface area contributed by atoms with E-state index in [0.717, 1.165) is 6.04 Å². The molecule has 20 heavy (non-hydrogen) atoms. The summed E-state index contributed by atoms with van der Waals surface area (Å²) in [6.45, 7) is 8.50. The minimum Gasteiger partial charge on any atom is -0.297 e. The van der Waals surface area contributed by atoms with Crippen molar-refractivity contribution in [1.29, 1.82) is 0 Å². The third-order valence-electron chi connectivity index (χ3n) is 5.32. The Hall–Kier alpha value is -0.860. The van der Waals surface area contributed by atoms with Crippen LogP contribution in [-0.2, 0) is 0 Å². The average molecular weight is 272 g/mol. The summed E-state index contributed by atoms with van der Waals surface area (Å²) < 4.78 is 0. The lowest BCUT2D eigenvalue weighted by Gasteiger charge is -2.50. The van der Waals surface area contributed by atoms with Crippen molar-refractivity contribution >= 4 is 0 Å². The van der Waals surface area contributed by atoms with Gasteiger partial charge in [0, 0.05) is 31.2 Å². The lowest BCUT2D eigenvalue weighted by molar-refractivity contribution is -0.0123. The van der Waals surface area contributed by atoms with E-state index in [2.05, 4.69) is 54.0 Å². The molecule has 0 aromatic heterocycles. The average Bonchev–Trinajstić information content (AvgIpc) is 2.53. The van der Waals surface area contributed by atoms with Gasteiger partial charge in [0.25, 0.3) is 0 Å². The number of piperidine rings is 1. The zero-order chi connectivity index (χ0) is 13.9. The predicted octanol–water partition coefficient (Wildman–Crippen LogP) is 3.70. The number of fused-ring (bicyclic) bond motifs is 1. The van der Waals surface area contributed by atoms with E-state index >= 15 is 0 Å². The van der Waals surface area contributed by atoms with Gasteiger partial charge < -0.3 is 0 Å². The van der Waals surface area contributed by atoms with Crippen LogP contribution in [0.1, 0.15) is 51.1 Å². The van der Waals surface area contributed by atoms with E-state index in [0.29, 0.717) is 12.1 Å². The van der Waals surface area contributed by atoms with Crippen molar-refractivity contribution in [3.63, 3.8) is 0 Å². The Labute approximate surface area is 123 Å². The first-order valence-corrected chi connectivity index (χ1v) is 8.34. The quantitative estimate of drug-likeness (QED) is 0.828. The van der Waals surface area contributed by atoms with Crippen molar-refractivity contribution < 1.29 is 0 Å². The molecule has 0 bridgehead atoms. The van der Waals surface area contributed by atoms with Gasteiger partial charge in [0.15, 0.2) is 0 Å². The van der Waals surface area contributed by atoms with Crippen molar-refractivity contribution in [2.45, 2.75) is 57.7 Å². The smallest absolute Gasteiger partial charge is 0.0478 e. The number of hydrogen-bond donors (Lipinski definition) is 0. The summed E-state index contributed by atoms with van der Waals surface area (Å²) in [7, 11) is 0. The van der Waals surface area contributed by atoms with Crippen LogP contribution in [0.25, 0.3) is 0 Å². The molecule has 0 N–H and O–H groups in total. The first kappa shape index (κ1) is 14.1. The molecule has 0 radical (unpaired) electrons. The van der Waals surface area contributed by atoms with Gasteiger partial charge >= 0.3 is 0 Å². The van der Waals surface area contributed by atoms with Crippen LogP contribution in [0.3, 0.4) is 0 Å². The van der Waals surface area contributed by atoms with E-state index in [-0.39, 0.29) is 0 Å². The Morgan fingerprint density at radius 2 is 1.95 bits per heavy atom. The summed E-state index contributed by atoms with van der Waals surface area (Å²) in [6, 6.07) is 13.2. The van der Waals surface area contributed by atoms with E-state index in [4.69, 9.17) is 0 Å². The molecule has 2 heterocycles. The Balaban J connectivity index is 1.84. The van der Waals surface area contributed by atoms with E-state index in [9.17, 15) is 0 Å². The lowest BCUT2D eigenvalue weighted by atomic mass is 9.92. The minimum atomic E-state index is 0.584. The van der Waals surface area contributed by atoms with Crippen LogP contribution in [0, 0.1) is 0 Å². The topological polar surface area (TPSA) is 6.48 Å². The molecule has 2 heteroatoms. The molecule has 2 fully saturated rings. The van der Waals surface area contributed by atoms with Gasteiger partial charge in [-0.1, -0.05) is 43.7 Å². The van der Waals surface area contributed by atoms with Crippen LogP contribution >= 0.6 is 0 Å². The van der Waals surface area contributed by atoms with Gasteiger partial charge in [0.2, 0.25) is 0 Å². The fourth-order valence-electron chi connectivity index (χ4n) is 3.90. The molecule has 110 valence electrons. The van der Waals surface area contributed by atoms with E-state index < -0.39 is 0 Å². The summed E-state index contributed by atoms with van der Waals surface area (Å²) >= 11 is 0. The molecule has 3 rings (SSSR count). The summed E-state index contributed by atoms with van der Waals surface area (Å²) in [6.07, 6.45) is 5.46. The molecule has 3 unspecified atom stereocenters. The molecule has 0 spiro atoms. The molecule has 1 aromatic carbocycles. The van der Waals surface area contributed by atoms with Gasteiger partial charge in [-0.2, -0.15) is 0 Å². The highest BCUT2D eigenvalue weighted by Crippen LogP contribution is 2.33. The van der Waals surface area contributed by atoms with Gasteiger partial charge in [-0.25, -0.2) is 0 Å². The van der Waals surface area contributed by atoms with E-state index in [1.165, 1.54) is 50.9 Å². The molecule has 2 aliphatic rings. The van der Waals surface area contributed by atoms with Crippen molar-refractivity contribution in [1.82, 2.24) is 9.80 Å². The highest BCUT2D eigenvalue weighted by atomic mass is 15.3. The van der Waals surface area contributed by atoms with Gasteiger partial charge in [0.05, 0.1) is 0 Å². The first-order chi connectivity index (χ1) is 9.79. The lowest BCUT2D eigenvalue weighted by Crippen LogP contribution is -2.57. The van der Waals surface area contributed by atoms with Crippen LogP contribution in [0.5, 0.6) is 0 Å². The number of rotatable bonds is 3. The monoisotopic (exact) mass is 272 g/mol. The molecule has 1 aromatic rings. The summed E-state index contributed by atoms with van der Waals surface area (Å²) in [5.41, 5.74) is 1.50. The fraction of sp³-hybridized carbons (Fsp3) is 0.667. The van der Waals surface area contributed by atoms with Gasteiger partial charge in [-0.05, 0) is 38.3 Å². The molecule has 3 atom stereocenters. The largest absolute Gasteiger partial charge is 0.297 e. The summed E-state index contributed by atoms with van der Waals surface area (Å²) in [4.78, 5) is 5.52. The Morgan fingerprint density at radius 3 is 2.70 bits per heavy atom. The number of hydrogen-bond acceptors (Lipinski definition) is 2. The number of piperazine rings is 1. The second kappa shape index (κ2) is 6.28. The molecule has 2 aliphatic heterocycles. The zero-order valence-electron chi connectivity index (χ0n) is 13.0. The van der Waals surface area contributed by atoms with Crippen molar-refractivity contribution in [3.8, 4) is 0 Å². The predicted molar refractivity (Wildman–Crippen MR) is 84.9 cm³/mol. The standard InChI is InChI=1S/C18H28N2/c1-3-15(2)20-13-17-11-7-8-12-19(17)14-18(20)16-9-5-4-6-10-16/h4-6,9-10,15,17-18H,3,7-8,11-14H2,1-2H3. The van der Waals surface area contributed by atoms with Crippen LogP contribution in [0.4, 0.5) is 0 Å². The van der Waals surface area contributed by atoms with Crippen LogP contribution in [0.2, 0.25) is 0 Å². The second-order valence-electron chi connectivity index (χ2n) is 6.53. The Bertz CT molecular complexity index is 417. The minimum absolute atomic E-state index is 0.584. The molecular weight excluding hydrogens is 244 g/mol. The molecule has 2 saturated heterocycles. The van der Waals surface area contributed by atoms with E-state index in [1.807, 2.05) is 0 Å². The molecular formula is C18H28N2. The van der Waals surface area contributed by atoms with Gasteiger partial charge in [0.1, 0.15) is 0 Å². The van der Waals surface area contributed by atoms with E-state index in [1.54, 1.807) is 0 Å². The van der Waals surface area contributed by atoms with Crippen LogP contribution in [0.15, 0.2) is 30.3 Å². The number of benzene rings is 1. The maximum absolute atomic E-state index is 2.77.